The van der Waals surface area contributed by atoms with Crippen molar-refractivity contribution in [3.63, 3.8) is 0 Å². The molecule has 0 radical (unpaired) electrons. The molecule has 2 aromatic carbocycles. The molecule has 33 heavy (non-hydrogen) atoms. The molecule has 2 bridgehead atoms. The van der Waals surface area contributed by atoms with Crippen LogP contribution in [0, 0.1) is 0 Å². The lowest BCUT2D eigenvalue weighted by Gasteiger charge is -2.48. The second kappa shape index (κ2) is 9.03. The number of piperidine rings is 1. The van der Waals surface area contributed by atoms with Gasteiger partial charge in [0.2, 0.25) is 5.91 Å². The maximum absolute atomic E-state index is 12.9. The van der Waals surface area contributed by atoms with Crippen LogP contribution >= 0.6 is 39.1 Å². The van der Waals surface area contributed by atoms with E-state index in [-0.39, 0.29) is 24.0 Å². The van der Waals surface area contributed by atoms with Crippen LogP contribution < -0.4 is 5.73 Å². The number of carbonyl (C=O) groups excluding carboxylic acids is 1. The minimum absolute atomic E-state index is 0.103. The molecular weight excluding hydrogens is 521 g/mol. The number of hydrogen-bond acceptors (Lipinski definition) is 3. The van der Waals surface area contributed by atoms with Gasteiger partial charge in [-0.3, -0.25) is 14.7 Å². The highest BCUT2D eigenvalue weighted by Crippen LogP contribution is 2.52. The van der Waals surface area contributed by atoms with Crippen LogP contribution in [0.5, 0.6) is 0 Å². The zero-order chi connectivity index (χ0) is 23.2. The van der Waals surface area contributed by atoms with Gasteiger partial charge in [-0.2, -0.15) is 0 Å². The maximum atomic E-state index is 12.9. The van der Waals surface area contributed by atoms with E-state index in [9.17, 15) is 4.79 Å². The lowest BCUT2D eigenvalue weighted by atomic mass is 9.70. The van der Waals surface area contributed by atoms with Crippen molar-refractivity contribution in [2.45, 2.75) is 49.2 Å². The van der Waals surface area contributed by atoms with Crippen molar-refractivity contribution in [1.29, 1.82) is 0 Å². The molecule has 2 saturated heterocycles. The van der Waals surface area contributed by atoms with Gasteiger partial charge in [0.15, 0.2) is 0 Å². The molecule has 1 aromatic heterocycles. The van der Waals surface area contributed by atoms with Gasteiger partial charge in [0.05, 0.1) is 17.2 Å². The van der Waals surface area contributed by atoms with Gasteiger partial charge in [-0.25, -0.2) is 0 Å². The zero-order valence-corrected chi connectivity index (χ0v) is 21.0. The van der Waals surface area contributed by atoms with Crippen LogP contribution in [0.1, 0.15) is 48.5 Å². The molecule has 1 unspecified atom stereocenters. The molecule has 3 heterocycles. The summed E-state index contributed by atoms with van der Waals surface area (Å²) in [6.45, 7) is 0. The van der Waals surface area contributed by atoms with E-state index in [4.69, 9.17) is 28.9 Å². The Hall–Kier alpha value is -1.92. The van der Waals surface area contributed by atoms with E-state index in [1.54, 1.807) is 6.20 Å². The first kappa shape index (κ1) is 22.9. The Labute approximate surface area is 212 Å². The van der Waals surface area contributed by atoms with Gasteiger partial charge in [0, 0.05) is 32.8 Å². The van der Waals surface area contributed by atoms with Gasteiger partial charge < -0.3 is 5.73 Å². The van der Waals surface area contributed by atoms with Crippen LogP contribution in [0.4, 0.5) is 0 Å². The van der Waals surface area contributed by atoms with Crippen LogP contribution in [-0.4, -0.2) is 27.9 Å². The molecular formula is C26H24BrCl2N3O. The van der Waals surface area contributed by atoms with Crippen LogP contribution in [0.25, 0.3) is 0 Å². The fraction of sp³-hybridized carbons (Fsp3) is 0.308. The second-order valence-electron chi connectivity index (χ2n) is 8.99. The Morgan fingerprint density at radius 2 is 1.52 bits per heavy atom. The predicted molar refractivity (Wildman–Crippen MR) is 135 cm³/mol. The van der Waals surface area contributed by atoms with Crippen molar-refractivity contribution >= 4 is 45.0 Å². The number of benzene rings is 2. The highest BCUT2D eigenvalue weighted by atomic mass is 79.9. The van der Waals surface area contributed by atoms with Crippen LogP contribution in [-0.2, 0) is 10.2 Å². The standard InChI is InChI=1S/C26H24BrCl2N3O/c27-16-9-12-23(31-15-16)26(25(30)33)13-17-10-11-18(14-26)32(17)24(19-5-1-3-7-21(19)28)20-6-2-4-8-22(20)29/h1-9,12,15,17-18,24H,10-11,13-14H2,(H2,30,33)/t17-,18+,26?. The summed E-state index contributed by atoms with van der Waals surface area (Å²) in [4.78, 5) is 20.0. The summed E-state index contributed by atoms with van der Waals surface area (Å²) in [5.74, 6) is -0.305. The number of nitrogens with zero attached hydrogens (tertiary/aromatic N) is 2. The highest BCUT2D eigenvalue weighted by molar-refractivity contribution is 9.10. The topological polar surface area (TPSA) is 59.2 Å². The SMILES string of the molecule is NC(=O)C1(c2ccc(Br)cn2)C[C@H]2CC[C@@H](C1)N2C(c1ccccc1Cl)c1ccccc1Cl. The van der Waals surface area contributed by atoms with Crippen molar-refractivity contribution in [3.05, 3.63) is 98.2 Å². The Balaban J connectivity index is 1.60. The molecule has 3 aromatic rings. The molecule has 4 nitrogen and oxygen atoms in total. The first-order valence-electron chi connectivity index (χ1n) is 11.1. The van der Waals surface area contributed by atoms with Crippen molar-refractivity contribution in [2.75, 3.05) is 0 Å². The molecule has 2 aliphatic heterocycles. The molecule has 2 fully saturated rings. The van der Waals surface area contributed by atoms with Crippen molar-refractivity contribution in [3.8, 4) is 0 Å². The smallest absolute Gasteiger partial charge is 0.229 e. The molecule has 0 spiro atoms. The lowest BCUT2D eigenvalue weighted by Crippen LogP contribution is -2.56. The largest absolute Gasteiger partial charge is 0.369 e. The number of rotatable bonds is 5. The number of pyridine rings is 1. The highest BCUT2D eigenvalue weighted by Gasteiger charge is 2.55. The van der Waals surface area contributed by atoms with Gasteiger partial charge >= 0.3 is 0 Å². The number of nitrogens with two attached hydrogens (primary N) is 1. The molecule has 2 aliphatic rings. The number of hydrogen-bond donors (Lipinski definition) is 1. The molecule has 170 valence electrons. The summed E-state index contributed by atoms with van der Waals surface area (Å²) in [7, 11) is 0. The summed E-state index contributed by atoms with van der Waals surface area (Å²) < 4.78 is 0.879. The van der Waals surface area contributed by atoms with Crippen molar-refractivity contribution in [1.82, 2.24) is 9.88 Å². The summed E-state index contributed by atoms with van der Waals surface area (Å²) in [6, 6.07) is 19.9. The van der Waals surface area contributed by atoms with Crippen molar-refractivity contribution < 1.29 is 4.79 Å². The third-order valence-electron chi connectivity index (χ3n) is 7.23. The average Bonchev–Trinajstić information content (AvgIpc) is 3.06. The minimum atomic E-state index is -0.783. The van der Waals surface area contributed by atoms with E-state index in [1.165, 1.54) is 0 Å². The Bertz CT molecular complexity index is 1130. The number of fused-ring (bicyclic) bond motifs is 2. The minimum Gasteiger partial charge on any atom is -0.369 e. The molecule has 7 heteroatoms. The van der Waals surface area contributed by atoms with Gasteiger partial charge in [-0.1, -0.05) is 59.6 Å². The van der Waals surface area contributed by atoms with Gasteiger partial charge in [0.25, 0.3) is 0 Å². The van der Waals surface area contributed by atoms with Crippen molar-refractivity contribution in [2.24, 2.45) is 5.73 Å². The van der Waals surface area contributed by atoms with Gasteiger partial charge in [0.1, 0.15) is 0 Å². The Kier molecular flexibility index (Phi) is 6.25. The lowest BCUT2D eigenvalue weighted by molar-refractivity contribution is -0.127. The fourth-order valence-corrected chi connectivity index (χ4v) is 6.50. The van der Waals surface area contributed by atoms with E-state index in [0.29, 0.717) is 22.9 Å². The number of amides is 1. The van der Waals surface area contributed by atoms with Gasteiger partial charge in [-0.15, -0.1) is 0 Å². The molecule has 0 saturated carbocycles. The van der Waals surface area contributed by atoms with E-state index in [0.717, 1.165) is 34.1 Å². The monoisotopic (exact) mass is 543 g/mol. The predicted octanol–water partition coefficient (Wildman–Crippen LogP) is 6.29. The van der Waals surface area contributed by atoms with Crippen LogP contribution in [0.2, 0.25) is 10.0 Å². The molecule has 2 N–H and O–H groups in total. The molecule has 1 amide bonds. The van der Waals surface area contributed by atoms with Crippen LogP contribution in [0.3, 0.4) is 0 Å². The van der Waals surface area contributed by atoms with Gasteiger partial charge in [-0.05, 0) is 77.0 Å². The number of halogens is 3. The third kappa shape index (κ3) is 3.99. The average molecular weight is 545 g/mol. The first-order chi connectivity index (χ1) is 15.9. The Morgan fingerprint density at radius 3 is 1.97 bits per heavy atom. The van der Waals surface area contributed by atoms with E-state index in [2.05, 4.69) is 37.9 Å². The number of carbonyl (C=O) groups is 1. The molecule has 5 rings (SSSR count). The first-order valence-corrected chi connectivity index (χ1v) is 12.6. The molecule has 0 aliphatic carbocycles. The zero-order valence-electron chi connectivity index (χ0n) is 17.9. The second-order valence-corrected chi connectivity index (χ2v) is 10.7. The maximum Gasteiger partial charge on any atom is 0.229 e. The summed E-state index contributed by atoms with van der Waals surface area (Å²) in [5.41, 5.74) is 8.08. The normalized spacial score (nSPS) is 24.8. The molecule has 3 atom stereocenters. The fourth-order valence-electron chi connectivity index (χ4n) is 5.78. The number of aromatic nitrogens is 1. The van der Waals surface area contributed by atoms with E-state index < -0.39 is 5.41 Å². The quantitative estimate of drug-likeness (QED) is 0.410. The summed E-state index contributed by atoms with van der Waals surface area (Å²) in [6.07, 6.45) is 4.96. The van der Waals surface area contributed by atoms with E-state index in [1.807, 2.05) is 48.5 Å². The summed E-state index contributed by atoms with van der Waals surface area (Å²) >= 11 is 16.9. The Morgan fingerprint density at radius 1 is 0.970 bits per heavy atom. The van der Waals surface area contributed by atoms with Crippen LogP contribution in [0.15, 0.2) is 71.3 Å². The van der Waals surface area contributed by atoms with E-state index >= 15 is 0 Å². The number of primary amides is 1. The third-order valence-corrected chi connectivity index (χ3v) is 8.39. The summed E-state index contributed by atoms with van der Waals surface area (Å²) in [5, 5.41) is 1.42.